The van der Waals surface area contributed by atoms with Gasteiger partial charge in [0.2, 0.25) is 5.91 Å². The number of nitrogens with zero attached hydrogens (tertiary/aromatic N) is 2. The SMILES string of the molecule is CC1CCc2ccccc2N1C(=O)C1(C#N)CCOCC1. The molecule has 21 heavy (non-hydrogen) atoms. The van der Waals surface area contributed by atoms with Gasteiger partial charge >= 0.3 is 0 Å². The number of ether oxygens (including phenoxy) is 1. The molecule has 110 valence electrons. The van der Waals surface area contributed by atoms with Crippen LogP contribution in [0.2, 0.25) is 0 Å². The van der Waals surface area contributed by atoms with Crippen LogP contribution in [0, 0.1) is 16.7 Å². The van der Waals surface area contributed by atoms with E-state index < -0.39 is 5.41 Å². The normalized spacial score (nSPS) is 24.0. The van der Waals surface area contributed by atoms with Gasteiger partial charge in [-0.25, -0.2) is 0 Å². The number of hydrogen-bond acceptors (Lipinski definition) is 3. The van der Waals surface area contributed by atoms with Crippen molar-refractivity contribution in [2.75, 3.05) is 18.1 Å². The highest BCUT2D eigenvalue weighted by atomic mass is 16.5. The maximum atomic E-state index is 13.1. The number of aryl methyl sites for hydroxylation is 1. The van der Waals surface area contributed by atoms with Crippen molar-refractivity contribution >= 4 is 11.6 Å². The zero-order valence-electron chi connectivity index (χ0n) is 12.3. The Kier molecular flexibility index (Phi) is 3.69. The molecule has 1 aromatic carbocycles. The lowest BCUT2D eigenvalue weighted by atomic mass is 9.79. The van der Waals surface area contributed by atoms with Crippen LogP contribution in [0.4, 0.5) is 5.69 Å². The van der Waals surface area contributed by atoms with Gasteiger partial charge in [0.1, 0.15) is 5.41 Å². The number of carbonyl (C=O) groups is 1. The molecule has 1 unspecified atom stereocenters. The summed E-state index contributed by atoms with van der Waals surface area (Å²) in [7, 11) is 0. The maximum absolute atomic E-state index is 13.1. The first-order valence-corrected chi connectivity index (χ1v) is 7.58. The van der Waals surface area contributed by atoms with E-state index in [1.54, 1.807) is 0 Å². The molecule has 0 N–H and O–H groups in total. The average Bonchev–Trinajstić information content (AvgIpc) is 2.55. The summed E-state index contributed by atoms with van der Waals surface area (Å²) in [6.45, 7) is 3.05. The van der Waals surface area contributed by atoms with Crippen molar-refractivity contribution in [1.82, 2.24) is 0 Å². The summed E-state index contributed by atoms with van der Waals surface area (Å²) in [6.07, 6.45) is 2.92. The van der Waals surface area contributed by atoms with E-state index in [1.807, 2.05) is 23.1 Å². The van der Waals surface area contributed by atoms with Crippen LogP contribution < -0.4 is 4.90 Å². The molecule has 1 atom stereocenters. The molecule has 1 aromatic rings. The second-order valence-electron chi connectivity index (χ2n) is 6.00. The van der Waals surface area contributed by atoms with Crippen LogP contribution in [-0.4, -0.2) is 25.2 Å². The van der Waals surface area contributed by atoms with E-state index in [4.69, 9.17) is 4.74 Å². The lowest BCUT2D eigenvalue weighted by Gasteiger charge is -2.41. The highest BCUT2D eigenvalue weighted by Gasteiger charge is 2.45. The number of benzene rings is 1. The summed E-state index contributed by atoms with van der Waals surface area (Å²) in [5.74, 6) is -0.0482. The molecule has 1 saturated heterocycles. The van der Waals surface area contributed by atoms with Crippen molar-refractivity contribution in [2.45, 2.75) is 38.6 Å². The molecule has 0 aromatic heterocycles. The fourth-order valence-electron chi connectivity index (χ4n) is 3.32. The van der Waals surface area contributed by atoms with E-state index in [2.05, 4.69) is 19.1 Å². The number of nitriles is 1. The number of rotatable bonds is 1. The summed E-state index contributed by atoms with van der Waals surface area (Å²) < 4.78 is 5.34. The Labute approximate surface area is 125 Å². The number of anilines is 1. The lowest BCUT2D eigenvalue weighted by molar-refractivity contribution is -0.130. The molecule has 0 radical (unpaired) electrons. The molecular weight excluding hydrogens is 264 g/mol. The van der Waals surface area contributed by atoms with Crippen molar-refractivity contribution in [1.29, 1.82) is 5.26 Å². The van der Waals surface area contributed by atoms with Crippen LogP contribution in [0.15, 0.2) is 24.3 Å². The molecule has 1 fully saturated rings. The molecule has 4 nitrogen and oxygen atoms in total. The quantitative estimate of drug-likeness (QED) is 0.796. The van der Waals surface area contributed by atoms with Gasteiger partial charge in [-0.1, -0.05) is 18.2 Å². The molecule has 2 aliphatic rings. The standard InChI is InChI=1S/C17H20N2O2/c1-13-6-7-14-4-2-3-5-15(14)19(13)16(20)17(12-18)8-10-21-11-9-17/h2-5,13H,6-11H2,1H3. The van der Waals surface area contributed by atoms with Gasteiger partial charge in [0.05, 0.1) is 6.07 Å². The summed E-state index contributed by atoms with van der Waals surface area (Å²) >= 11 is 0. The second kappa shape index (κ2) is 5.50. The maximum Gasteiger partial charge on any atom is 0.247 e. The van der Waals surface area contributed by atoms with Crippen LogP contribution in [0.3, 0.4) is 0 Å². The predicted molar refractivity (Wildman–Crippen MR) is 79.8 cm³/mol. The summed E-state index contributed by atoms with van der Waals surface area (Å²) in [5.41, 5.74) is 1.25. The van der Waals surface area contributed by atoms with E-state index in [1.165, 1.54) is 5.56 Å². The third-order valence-corrected chi connectivity index (χ3v) is 4.71. The van der Waals surface area contributed by atoms with Crippen molar-refractivity contribution < 1.29 is 9.53 Å². The molecule has 2 aliphatic heterocycles. The Morgan fingerprint density at radius 2 is 2.10 bits per heavy atom. The summed E-state index contributed by atoms with van der Waals surface area (Å²) in [6, 6.07) is 10.5. The van der Waals surface area contributed by atoms with Crippen molar-refractivity contribution in [3.63, 3.8) is 0 Å². The van der Waals surface area contributed by atoms with Gasteiger partial charge in [-0.2, -0.15) is 5.26 Å². The summed E-state index contributed by atoms with van der Waals surface area (Å²) in [5, 5.41) is 9.62. The van der Waals surface area contributed by atoms with E-state index in [0.717, 1.165) is 18.5 Å². The topological polar surface area (TPSA) is 53.3 Å². The molecule has 0 bridgehead atoms. The van der Waals surface area contributed by atoms with E-state index in [0.29, 0.717) is 26.1 Å². The van der Waals surface area contributed by atoms with Crippen LogP contribution in [0.25, 0.3) is 0 Å². The fourth-order valence-corrected chi connectivity index (χ4v) is 3.32. The van der Waals surface area contributed by atoms with E-state index >= 15 is 0 Å². The zero-order chi connectivity index (χ0) is 14.9. The van der Waals surface area contributed by atoms with Gasteiger partial charge < -0.3 is 9.64 Å². The molecule has 0 saturated carbocycles. The molecule has 0 spiro atoms. The van der Waals surface area contributed by atoms with Crippen molar-refractivity contribution in [3.8, 4) is 6.07 Å². The van der Waals surface area contributed by atoms with Crippen LogP contribution >= 0.6 is 0 Å². The second-order valence-corrected chi connectivity index (χ2v) is 6.00. The monoisotopic (exact) mass is 284 g/mol. The largest absolute Gasteiger partial charge is 0.381 e. The van der Waals surface area contributed by atoms with Gasteiger partial charge in [-0.15, -0.1) is 0 Å². The molecule has 2 heterocycles. The van der Waals surface area contributed by atoms with Crippen molar-refractivity contribution in [3.05, 3.63) is 29.8 Å². The van der Waals surface area contributed by atoms with E-state index in [9.17, 15) is 10.1 Å². The minimum absolute atomic E-state index is 0.0482. The predicted octanol–water partition coefficient (Wildman–Crippen LogP) is 2.67. The number of para-hydroxylation sites is 1. The Hall–Kier alpha value is -1.86. The smallest absolute Gasteiger partial charge is 0.247 e. The van der Waals surface area contributed by atoms with Crippen LogP contribution in [-0.2, 0) is 16.0 Å². The molecule has 1 amide bonds. The summed E-state index contributed by atoms with van der Waals surface area (Å²) in [4.78, 5) is 15.0. The minimum atomic E-state index is -0.920. The fraction of sp³-hybridized carbons (Fsp3) is 0.529. The molecular formula is C17H20N2O2. The highest BCUT2D eigenvalue weighted by Crippen LogP contribution is 2.38. The zero-order valence-corrected chi connectivity index (χ0v) is 12.3. The minimum Gasteiger partial charge on any atom is -0.381 e. The Morgan fingerprint density at radius 3 is 2.81 bits per heavy atom. The van der Waals surface area contributed by atoms with Gasteiger partial charge in [0.15, 0.2) is 0 Å². The van der Waals surface area contributed by atoms with Gasteiger partial charge in [0.25, 0.3) is 0 Å². The Balaban J connectivity index is 1.99. The number of hydrogen-bond donors (Lipinski definition) is 0. The molecule has 0 aliphatic carbocycles. The highest BCUT2D eigenvalue weighted by molar-refractivity contribution is 6.00. The number of amides is 1. The number of fused-ring (bicyclic) bond motifs is 1. The van der Waals surface area contributed by atoms with Gasteiger partial charge in [-0.3, -0.25) is 4.79 Å². The molecule has 3 rings (SSSR count). The first kappa shape index (κ1) is 14.1. The first-order chi connectivity index (χ1) is 10.2. The van der Waals surface area contributed by atoms with Crippen molar-refractivity contribution in [2.24, 2.45) is 5.41 Å². The van der Waals surface area contributed by atoms with Crippen LogP contribution in [0.5, 0.6) is 0 Å². The van der Waals surface area contributed by atoms with Crippen LogP contribution in [0.1, 0.15) is 31.7 Å². The average molecular weight is 284 g/mol. The number of carbonyl (C=O) groups excluding carboxylic acids is 1. The third-order valence-electron chi connectivity index (χ3n) is 4.71. The van der Waals surface area contributed by atoms with Gasteiger partial charge in [0, 0.05) is 24.9 Å². The Morgan fingerprint density at radius 1 is 1.38 bits per heavy atom. The third kappa shape index (κ3) is 2.32. The van der Waals surface area contributed by atoms with Gasteiger partial charge in [-0.05, 0) is 44.2 Å². The first-order valence-electron chi connectivity index (χ1n) is 7.58. The lowest BCUT2D eigenvalue weighted by Crippen LogP contribution is -2.51. The molecule has 4 heteroatoms. The Bertz CT molecular complexity index is 585. The van der Waals surface area contributed by atoms with E-state index in [-0.39, 0.29) is 11.9 Å².